The highest BCUT2D eigenvalue weighted by molar-refractivity contribution is 5.67. The van der Waals surface area contributed by atoms with Crippen LogP contribution >= 0.6 is 0 Å². The average Bonchev–Trinajstić information content (AvgIpc) is 3.18. The van der Waals surface area contributed by atoms with E-state index in [1.165, 1.54) is 49.7 Å². The Morgan fingerprint density at radius 1 is 1.09 bits per heavy atom. The van der Waals surface area contributed by atoms with Crippen LogP contribution in [0, 0.1) is 39.9 Å². The fraction of sp³-hybridized carbons (Fsp3) is 0.781. The molecule has 4 aliphatic carbocycles. The zero-order valence-corrected chi connectivity index (χ0v) is 23.6. The molecule has 5 rings (SSSR count). The molecule has 3 nitrogen and oxygen atoms in total. The van der Waals surface area contributed by atoms with Gasteiger partial charge in [-0.2, -0.15) is 0 Å². The monoisotopic (exact) mass is 479 g/mol. The van der Waals surface area contributed by atoms with Gasteiger partial charge in [0.2, 0.25) is 0 Å². The van der Waals surface area contributed by atoms with Gasteiger partial charge in [-0.25, -0.2) is 0 Å². The summed E-state index contributed by atoms with van der Waals surface area (Å²) in [5.74, 6) is 2.23. The molecule has 4 aliphatic rings. The van der Waals surface area contributed by atoms with Gasteiger partial charge in [0, 0.05) is 31.3 Å². The van der Waals surface area contributed by atoms with Crippen LogP contribution in [-0.4, -0.2) is 16.6 Å². The van der Waals surface area contributed by atoms with Crippen molar-refractivity contribution in [1.82, 2.24) is 4.57 Å². The van der Waals surface area contributed by atoms with Crippen LogP contribution in [0.3, 0.4) is 0 Å². The molecular formula is C32H49NO2. The van der Waals surface area contributed by atoms with Crippen LogP contribution in [0.15, 0.2) is 18.5 Å². The Hall–Kier alpha value is -1.51. The van der Waals surface area contributed by atoms with E-state index in [2.05, 4.69) is 77.6 Å². The van der Waals surface area contributed by atoms with Crippen molar-refractivity contribution in [3.05, 3.63) is 29.6 Å². The van der Waals surface area contributed by atoms with Crippen LogP contribution in [0.5, 0.6) is 0 Å². The van der Waals surface area contributed by atoms with Gasteiger partial charge >= 0.3 is 5.97 Å². The molecule has 0 saturated heterocycles. The fourth-order valence-electron chi connectivity index (χ4n) is 9.98. The van der Waals surface area contributed by atoms with Crippen LogP contribution < -0.4 is 0 Å². The van der Waals surface area contributed by atoms with Crippen LogP contribution in [0.25, 0.3) is 6.08 Å². The molecule has 35 heavy (non-hydrogen) atoms. The third kappa shape index (κ3) is 3.61. The van der Waals surface area contributed by atoms with E-state index in [1.54, 1.807) is 6.92 Å². The van der Waals surface area contributed by atoms with Crippen molar-refractivity contribution in [1.29, 1.82) is 0 Å². The fourth-order valence-corrected chi connectivity index (χ4v) is 9.98. The minimum absolute atomic E-state index is 0.0770. The molecule has 0 radical (unpaired) electrons. The van der Waals surface area contributed by atoms with Crippen molar-refractivity contribution in [2.24, 2.45) is 39.9 Å². The zero-order chi connectivity index (χ0) is 25.4. The number of carbonyl (C=O) groups is 1. The molecule has 0 aliphatic heterocycles. The Balaban J connectivity index is 1.61. The maximum absolute atomic E-state index is 12.5. The smallest absolute Gasteiger partial charge is 0.302 e. The SMILES string of the molecule is CCC(C)Cn1cc2c(c1)C1(C)C(OC(C)=O)CC3C4(C)CCCC(C)(C)C4CCC3(C)C1C=C2. The standard InChI is InChI=1S/C32H49NO2/c1-9-21(2)18-33-19-23-11-12-26-31(7)16-13-25-29(4,5)14-10-15-30(25,6)27(31)17-28(35-22(3)34)32(26,8)24(23)20-33/h11-12,19-21,25-28H,9-10,13-18H2,1-8H3. The van der Waals surface area contributed by atoms with Gasteiger partial charge in [0.05, 0.1) is 0 Å². The lowest BCUT2D eigenvalue weighted by atomic mass is 9.36. The number of fused-ring (bicyclic) bond motifs is 7. The first-order valence-electron chi connectivity index (χ1n) is 14.4. The second-order valence-corrected chi connectivity index (χ2v) is 14.3. The molecule has 194 valence electrons. The van der Waals surface area contributed by atoms with E-state index < -0.39 is 0 Å². The lowest BCUT2D eigenvalue weighted by Gasteiger charge is -2.69. The Morgan fingerprint density at radius 3 is 2.51 bits per heavy atom. The maximum Gasteiger partial charge on any atom is 0.302 e. The number of aromatic nitrogens is 1. The number of allylic oxidation sites excluding steroid dienone is 1. The first kappa shape index (κ1) is 25.2. The molecule has 0 aromatic carbocycles. The summed E-state index contributed by atoms with van der Waals surface area (Å²) in [6, 6.07) is 0. The van der Waals surface area contributed by atoms with E-state index in [-0.39, 0.29) is 22.9 Å². The minimum atomic E-state index is -0.185. The topological polar surface area (TPSA) is 31.2 Å². The molecule has 1 aromatic heterocycles. The maximum atomic E-state index is 12.5. The number of hydrogen-bond donors (Lipinski definition) is 0. The molecule has 0 bridgehead atoms. The second kappa shape index (κ2) is 8.25. The summed E-state index contributed by atoms with van der Waals surface area (Å²) in [4.78, 5) is 12.5. The number of carbonyl (C=O) groups excluding carboxylic acids is 1. The number of ether oxygens (including phenoxy) is 1. The van der Waals surface area contributed by atoms with Crippen molar-refractivity contribution in [2.45, 2.75) is 118 Å². The summed E-state index contributed by atoms with van der Waals surface area (Å²) >= 11 is 0. The molecule has 8 atom stereocenters. The van der Waals surface area contributed by atoms with E-state index in [9.17, 15) is 4.79 Å². The summed E-state index contributed by atoms with van der Waals surface area (Å²) in [5.41, 5.74) is 3.46. The van der Waals surface area contributed by atoms with Crippen LogP contribution in [-0.2, 0) is 21.5 Å². The minimum Gasteiger partial charge on any atom is -0.462 e. The Morgan fingerprint density at radius 2 is 1.83 bits per heavy atom. The van der Waals surface area contributed by atoms with Gasteiger partial charge in [-0.15, -0.1) is 0 Å². The van der Waals surface area contributed by atoms with Gasteiger partial charge in [-0.1, -0.05) is 73.5 Å². The van der Waals surface area contributed by atoms with Crippen molar-refractivity contribution in [2.75, 3.05) is 0 Å². The number of esters is 1. The summed E-state index contributed by atoms with van der Waals surface area (Å²) in [5, 5.41) is 0. The van der Waals surface area contributed by atoms with Gasteiger partial charge < -0.3 is 9.30 Å². The Kier molecular flexibility index (Phi) is 5.93. The highest BCUT2D eigenvalue weighted by atomic mass is 16.5. The van der Waals surface area contributed by atoms with Gasteiger partial charge in [-0.3, -0.25) is 4.79 Å². The van der Waals surface area contributed by atoms with E-state index >= 15 is 0 Å². The van der Waals surface area contributed by atoms with Crippen molar-refractivity contribution in [3.8, 4) is 0 Å². The predicted octanol–water partition coefficient (Wildman–Crippen LogP) is 8.02. The summed E-state index contributed by atoms with van der Waals surface area (Å²) in [6.45, 7) is 19.9. The van der Waals surface area contributed by atoms with Crippen molar-refractivity contribution in [3.63, 3.8) is 0 Å². The number of hydrogen-bond acceptors (Lipinski definition) is 2. The molecule has 0 spiro atoms. The highest BCUT2D eigenvalue weighted by Gasteiger charge is 2.67. The van der Waals surface area contributed by atoms with Crippen LogP contribution in [0.1, 0.15) is 111 Å². The number of rotatable bonds is 4. The third-order valence-corrected chi connectivity index (χ3v) is 11.8. The van der Waals surface area contributed by atoms with E-state index in [4.69, 9.17) is 4.74 Å². The molecule has 1 heterocycles. The van der Waals surface area contributed by atoms with Crippen molar-refractivity contribution >= 4 is 12.0 Å². The quantitative estimate of drug-likeness (QED) is 0.409. The largest absolute Gasteiger partial charge is 0.462 e. The number of nitrogens with zero attached hydrogens (tertiary/aromatic N) is 1. The van der Waals surface area contributed by atoms with E-state index in [0.717, 1.165) is 18.9 Å². The van der Waals surface area contributed by atoms with E-state index in [0.29, 0.717) is 28.6 Å². The first-order valence-corrected chi connectivity index (χ1v) is 14.4. The molecule has 1 aromatic rings. The molecule has 3 heteroatoms. The van der Waals surface area contributed by atoms with Crippen LogP contribution in [0.2, 0.25) is 0 Å². The van der Waals surface area contributed by atoms with Crippen LogP contribution in [0.4, 0.5) is 0 Å². The van der Waals surface area contributed by atoms with Gasteiger partial charge in [-0.05, 0) is 83.1 Å². The van der Waals surface area contributed by atoms with Crippen molar-refractivity contribution < 1.29 is 9.53 Å². The molecule has 8 unspecified atom stereocenters. The lowest BCUT2D eigenvalue weighted by Crippen LogP contribution is -2.66. The highest BCUT2D eigenvalue weighted by Crippen LogP contribution is 2.72. The summed E-state index contributed by atoms with van der Waals surface area (Å²) in [7, 11) is 0. The lowest BCUT2D eigenvalue weighted by molar-refractivity contribution is -0.205. The average molecular weight is 480 g/mol. The summed E-state index contributed by atoms with van der Waals surface area (Å²) in [6.07, 6.45) is 18.4. The summed E-state index contributed by atoms with van der Waals surface area (Å²) < 4.78 is 8.72. The first-order chi connectivity index (χ1) is 16.4. The molecular weight excluding hydrogens is 430 g/mol. The zero-order valence-electron chi connectivity index (χ0n) is 23.6. The molecule has 3 saturated carbocycles. The van der Waals surface area contributed by atoms with Gasteiger partial charge in [0.25, 0.3) is 0 Å². The predicted molar refractivity (Wildman–Crippen MR) is 144 cm³/mol. The molecule has 3 fully saturated rings. The third-order valence-electron chi connectivity index (χ3n) is 11.8. The van der Waals surface area contributed by atoms with Gasteiger partial charge in [0.1, 0.15) is 6.10 Å². The normalized spacial score (nSPS) is 42.3. The second-order valence-electron chi connectivity index (χ2n) is 14.3. The molecule has 0 N–H and O–H groups in total. The van der Waals surface area contributed by atoms with Gasteiger partial charge in [0.15, 0.2) is 0 Å². The van der Waals surface area contributed by atoms with E-state index in [1.807, 2.05) is 0 Å². The molecule has 0 amide bonds. The Bertz CT molecular complexity index is 1020. The Labute approximate surface area is 214 Å².